The highest BCUT2D eigenvalue weighted by molar-refractivity contribution is 5.01. The lowest BCUT2D eigenvalue weighted by molar-refractivity contribution is 0.134. The fourth-order valence-corrected chi connectivity index (χ4v) is 1.97. The molecule has 1 N–H and O–H groups in total. The smallest absolute Gasteiger partial charge is 0.0521 e. The van der Waals surface area contributed by atoms with Gasteiger partial charge >= 0.3 is 0 Å². The number of hydrogen-bond donors (Lipinski definition) is 1. The highest BCUT2D eigenvalue weighted by Gasteiger charge is 2.24. The van der Waals surface area contributed by atoms with Crippen LogP contribution in [0.25, 0.3) is 0 Å². The summed E-state index contributed by atoms with van der Waals surface area (Å²) in [5.41, 5.74) is 1.30. The second-order valence-electron chi connectivity index (χ2n) is 4.23. The predicted octanol–water partition coefficient (Wildman–Crippen LogP) is 0.604. The summed E-state index contributed by atoms with van der Waals surface area (Å²) in [6.45, 7) is 6.71. The fraction of sp³-hybridized carbons (Fsp3) is 0.727. The Balaban J connectivity index is 1.96. The molecule has 4 heteroatoms. The lowest BCUT2D eigenvalue weighted by Gasteiger charge is -2.38. The summed E-state index contributed by atoms with van der Waals surface area (Å²) in [4.78, 5) is 2.55. The molecule has 0 atom stereocenters. The second kappa shape index (κ2) is 4.77. The van der Waals surface area contributed by atoms with E-state index < -0.39 is 0 Å². The molecule has 2 heterocycles. The fourth-order valence-electron chi connectivity index (χ4n) is 1.97. The van der Waals surface area contributed by atoms with E-state index >= 15 is 0 Å². The van der Waals surface area contributed by atoms with Gasteiger partial charge in [0.1, 0.15) is 0 Å². The topological polar surface area (TPSA) is 33.1 Å². The highest BCUT2D eigenvalue weighted by Crippen LogP contribution is 2.11. The van der Waals surface area contributed by atoms with Crippen LogP contribution in [0, 0.1) is 0 Å². The molecule has 1 saturated heterocycles. The van der Waals surface area contributed by atoms with Crippen LogP contribution in [0.4, 0.5) is 0 Å². The normalized spacial score (nSPS) is 17.0. The quantitative estimate of drug-likeness (QED) is 0.769. The van der Waals surface area contributed by atoms with E-state index in [1.165, 1.54) is 18.7 Å². The Bertz CT molecular complexity index is 303. The monoisotopic (exact) mass is 208 g/mol. The summed E-state index contributed by atoms with van der Waals surface area (Å²) < 4.78 is 1.97. The zero-order valence-corrected chi connectivity index (χ0v) is 9.61. The number of aryl methyl sites for hydroxylation is 1. The molecule has 0 unspecified atom stereocenters. The van der Waals surface area contributed by atoms with Crippen molar-refractivity contribution in [2.24, 2.45) is 7.05 Å². The molecular weight excluding hydrogens is 188 g/mol. The molecule has 1 aliphatic rings. The first kappa shape index (κ1) is 10.6. The van der Waals surface area contributed by atoms with Crippen LogP contribution in [0.1, 0.15) is 19.0 Å². The van der Waals surface area contributed by atoms with Gasteiger partial charge in [-0.15, -0.1) is 0 Å². The van der Waals surface area contributed by atoms with Crippen molar-refractivity contribution in [3.63, 3.8) is 0 Å². The van der Waals surface area contributed by atoms with E-state index in [9.17, 15) is 0 Å². The predicted molar refractivity (Wildman–Crippen MR) is 60.6 cm³/mol. The average Bonchev–Trinajstić information content (AvgIpc) is 2.49. The van der Waals surface area contributed by atoms with Gasteiger partial charge < -0.3 is 5.32 Å². The van der Waals surface area contributed by atoms with Crippen LogP contribution in [0.15, 0.2) is 12.3 Å². The van der Waals surface area contributed by atoms with E-state index in [0.717, 1.165) is 25.7 Å². The van der Waals surface area contributed by atoms with Crippen LogP contribution in [0.5, 0.6) is 0 Å². The maximum absolute atomic E-state index is 4.21. The third kappa shape index (κ3) is 2.38. The molecule has 1 aliphatic heterocycles. The van der Waals surface area contributed by atoms with Gasteiger partial charge in [-0.2, -0.15) is 5.10 Å². The summed E-state index contributed by atoms with van der Waals surface area (Å²) in [6.07, 6.45) is 3.09. The largest absolute Gasteiger partial charge is 0.314 e. The van der Waals surface area contributed by atoms with Crippen LogP contribution in [-0.2, 0) is 13.6 Å². The maximum atomic E-state index is 4.21. The van der Waals surface area contributed by atoms with E-state index in [0.29, 0.717) is 0 Å². The van der Waals surface area contributed by atoms with Gasteiger partial charge in [0.2, 0.25) is 0 Å². The Kier molecular flexibility index (Phi) is 3.38. The summed E-state index contributed by atoms with van der Waals surface area (Å²) in [6, 6.07) is 2.83. The molecule has 1 aromatic rings. The number of nitrogens with zero attached hydrogens (tertiary/aromatic N) is 3. The maximum Gasteiger partial charge on any atom is 0.0521 e. The minimum absolute atomic E-state index is 0.722. The van der Waals surface area contributed by atoms with Crippen LogP contribution in [-0.4, -0.2) is 40.4 Å². The Hall–Kier alpha value is -0.870. The molecule has 0 spiro atoms. The molecule has 1 aromatic heterocycles. The standard InChI is InChI=1S/C11H20N4/c1-3-6-15(11-7-12-8-11)9-10-4-5-13-14(10)2/h4-5,11-12H,3,6-9H2,1-2H3. The molecule has 84 valence electrons. The number of aromatic nitrogens is 2. The Morgan fingerprint density at radius 3 is 2.87 bits per heavy atom. The Labute approximate surface area is 91.3 Å². The molecule has 4 nitrogen and oxygen atoms in total. The van der Waals surface area contributed by atoms with Gasteiger partial charge in [-0.1, -0.05) is 6.92 Å². The number of hydrogen-bond acceptors (Lipinski definition) is 3. The van der Waals surface area contributed by atoms with E-state index in [2.05, 4.69) is 28.3 Å². The van der Waals surface area contributed by atoms with Crippen molar-refractivity contribution in [1.82, 2.24) is 20.0 Å². The number of nitrogens with one attached hydrogen (secondary N) is 1. The molecule has 2 rings (SSSR count). The average molecular weight is 208 g/mol. The lowest BCUT2D eigenvalue weighted by atomic mass is 10.1. The highest BCUT2D eigenvalue weighted by atomic mass is 15.3. The molecule has 0 bridgehead atoms. The first-order valence-corrected chi connectivity index (χ1v) is 5.73. The van der Waals surface area contributed by atoms with Gasteiger partial charge in [-0.3, -0.25) is 9.58 Å². The van der Waals surface area contributed by atoms with Crippen molar-refractivity contribution >= 4 is 0 Å². The van der Waals surface area contributed by atoms with E-state index in [1.54, 1.807) is 0 Å². The zero-order valence-electron chi connectivity index (χ0n) is 9.61. The van der Waals surface area contributed by atoms with E-state index in [1.807, 2.05) is 17.9 Å². The van der Waals surface area contributed by atoms with Crippen molar-refractivity contribution < 1.29 is 0 Å². The molecule has 1 fully saturated rings. The van der Waals surface area contributed by atoms with Crippen molar-refractivity contribution in [3.05, 3.63) is 18.0 Å². The zero-order chi connectivity index (χ0) is 10.7. The first-order chi connectivity index (χ1) is 7.31. The van der Waals surface area contributed by atoms with Gasteiger partial charge in [-0.05, 0) is 19.0 Å². The molecular formula is C11H20N4. The number of rotatable bonds is 5. The second-order valence-corrected chi connectivity index (χ2v) is 4.23. The summed E-state index contributed by atoms with van der Waals surface area (Å²) >= 11 is 0. The van der Waals surface area contributed by atoms with Crippen molar-refractivity contribution in [2.45, 2.75) is 25.9 Å². The summed E-state index contributed by atoms with van der Waals surface area (Å²) in [7, 11) is 2.01. The molecule has 0 aliphatic carbocycles. The van der Waals surface area contributed by atoms with Crippen LogP contribution < -0.4 is 5.32 Å². The SMILES string of the molecule is CCCN(Cc1ccnn1C)C1CNC1. The minimum atomic E-state index is 0.722. The van der Waals surface area contributed by atoms with Gasteiger partial charge in [-0.25, -0.2) is 0 Å². The van der Waals surface area contributed by atoms with Gasteiger partial charge in [0, 0.05) is 38.9 Å². The van der Waals surface area contributed by atoms with E-state index in [4.69, 9.17) is 0 Å². The van der Waals surface area contributed by atoms with Crippen molar-refractivity contribution in [3.8, 4) is 0 Å². The Morgan fingerprint density at radius 2 is 2.40 bits per heavy atom. The van der Waals surface area contributed by atoms with Gasteiger partial charge in [0.25, 0.3) is 0 Å². The summed E-state index contributed by atoms with van der Waals surface area (Å²) in [5, 5.41) is 7.54. The third-order valence-electron chi connectivity index (χ3n) is 3.07. The van der Waals surface area contributed by atoms with Crippen LogP contribution >= 0.6 is 0 Å². The Morgan fingerprint density at radius 1 is 1.60 bits per heavy atom. The minimum Gasteiger partial charge on any atom is -0.314 e. The molecule has 0 radical (unpaired) electrons. The third-order valence-corrected chi connectivity index (χ3v) is 3.07. The van der Waals surface area contributed by atoms with Crippen molar-refractivity contribution in [2.75, 3.05) is 19.6 Å². The van der Waals surface area contributed by atoms with Gasteiger partial charge in [0.05, 0.1) is 5.69 Å². The molecule has 15 heavy (non-hydrogen) atoms. The summed E-state index contributed by atoms with van der Waals surface area (Å²) in [5.74, 6) is 0. The van der Waals surface area contributed by atoms with Crippen LogP contribution in [0.3, 0.4) is 0 Å². The molecule has 0 amide bonds. The van der Waals surface area contributed by atoms with Crippen LogP contribution in [0.2, 0.25) is 0 Å². The lowest BCUT2D eigenvalue weighted by Crippen LogP contribution is -2.57. The van der Waals surface area contributed by atoms with Gasteiger partial charge in [0.15, 0.2) is 0 Å². The van der Waals surface area contributed by atoms with Crippen molar-refractivity contribution in [1.29, 1.82) is 0 Å². The van der Waals surface area contributed by atoms with E-state index in [-0.39, 0.29) is 0 Å². The first-order valence-electron chi connectivity index (χ1n) is 5.73. The molecule has 0 aromatic carbocycles. The molecule has 0 saturated carbocycles.